The monoisotopic (exact) mass is 274 g/mol. The minimum absolute atomic E-state index is 0.00655. The van der Waals surface area contributed by atoms with Crippen LogP contribution in [-0.2, 0) is 13.0 Å². The summed E-state index contributed by atoms with van der Waals surface area (Å²) in [5.74, 6) is 1.52. The van der Waals surface area contributed by atoms with Crippen molar-refractivity contribution in [1.29, 1.82) is 0 Å². The Morgan fingerprint density at radius 1 is 1.20 bits per heavy atom. The molecule has 3 rings (SSSR count). The van der Waals surface area contributed by atoms with Crippen molar-refractivity contribution in [2.45, 2.75) is 58.4 Å². The van der Waals surface area contributed by atoms with Gasteiger partial charge in [-0.2, -0.15) is 0 Å². The van der Waals surface area contributed by atoms with Crippen molar-refractivity contribution >= 4 is 5.65 Å². The Morgan fingerprint density at radius 3 is 2.75 bits per heavy atom. The molecule has 0 saturated heterocycles. The van der Waals surface area contributed by atoms with Crippen molar-refractivity contribution in [3.8, 4) is 0 Å². The third-order valence-corrected chi connectivity index (χ3v) is 4.27. The van der Waals surface area contributed by atoms with Gasteiger partial charge in [-0.05, 0) is 25.2 Å². The Hall–Kier alpha value is -1.65. The molecule has 0 aliphatic heterocycles. The number of fused-ring (bicyclic) bond motifs is 1. The summed E-state index contributed by atoms with van der Waals surface area (Å²) < 4.78 is 3.65. The van der Waals surface area contributed by atoms with Crippen molar-refractivity contribution < 1.29 is 0 Å². The van der Waals surface area contributed by atoms with Gasteiger partial charge >= 0.3 is 0 Å². The first kappa shape index (κ1) is 13.3. The number of aromatic nitrogens is 4. The lowest BCUT2D eigenvalue weighted by atomic mass is 9.89. The van der Waals surface area contributed by atoms with Crippen LogP contribution in [0.1, 0.15) is 51.3 Å². The van der Waals surface area contributed by atoms with E-state index in [-0.39, 0.29) is 5.56 Å². The van der Waals surface area contributed by atoms with E-state index in [0.29, 0.717) is 11.6 Å². The van der Waals surface area contributed by atoms with Gasteiger partial charge in [-0.15, -0.1) is 10.2 Å². The second-order valence-electron chi connectivity index (χ2n) is 5.82. The summed E-state index contributed by atoms with van der Waals surface area (Å²) in [6, 6.07) is 0. The van der Waals surface area contributed by atoms with Crippen molar-refractivity contribution in [2.24, 2.45) is 5.92 Å². The summed E-state index contributed by atoms with van der Waals surface area (Å²) in [5.41, 5.74) is 0.458. The number of aryl methyl sites for hydroxylation is 1. The van der Waals surface area contributed by atoms with Gasteiger partial charge in [-0.25, -0.2) is 0 Å². The average Bonchev–Trinajstić information content (AvgIpc) is 2.88. The van der Waals surface area contributed by atoms with E-state index < -0.39 is 0 Å². The van der Waals surface area contributed by atoms with E-state index in [0.717, 1.165) is 25.2 Å². The highest BCUT2D eigenvalue weighted by Gasteiger charge is 2.16. The van der Waals surface area contributed by atoms with E-state index in [1.807, 2.05) is 21.4 Å². The molecule has 0 unspecified atom stereocenters. The molecule has 1 aliphatic rings. The number of hydrogen-bond acceptors (Lipinski definition) is 3. The molecule has 1 aliphatic carbocycles. The molecule has 5 heteroatoms. The molecule has 108 valence electrons. The zero-order valence-corrected chi connectivity index (χ0v) is 12.1. The lowest BCUT2D eigenvalue weighted by Crippen LogP contribution is -2.26. The second kappa shape index (κ2) is 5.77. The highest BCUT2D eigenvalue weighted by molar-refractivity contribution is 5.34. The van der Waals surface area contributed by atoms with E-state index in [9.17, 15) is 4.79 Å². The molecular weight excluding hydrogens is 252 g/mol. The molecule has 0 radical (unpaired) electrons. The highest BCUT2D eigenvalue weighted by atomic mass is 16.1. The van der Waals surface area contributed by atoms with Gasteiger partial charge in [0.15, 0.2) is 0 Å². The predicted molar refractivity (Wildman–Crippen MR) is 77.8 cm³/mol. The molecule has 2 heterocycles. The van der Waals surface area contributed by atoms with Crippen LogP contribution in [-0.4, -0.2) is 19.2 Å². The van der Waals surface area contributed by atoms with E-state index in [1.54, 1.807) is 0 Å². The maximum absolute atomic E-state index is 12.5. The minimum atomic E-state index is -0.00655. The van der Waals surface area contributed by atoms with Gasteiger partial charge in [0.2, 0.25) is 5.65 Å². The van der Waals surface area contributed by atoms with Crippen LogP contribution in [0.2, 0.25) is 0 Å². The van der Waals surface area contributed by atoms with Crippen LogP contribution in [0.4, 0.5) is 0 Å². The molecule has 2 aromatic rings. The van der Waals surface area contributed by atoms with Crippen LogP contribution >= 0.6 is 0 Å². The molecule has 0 amide bonds. The fourth-order valence-electron chi connectivity index (χ4n) is 3.16. The molecule has 0 spiro atoms. The quantitative estimate of drug-likeness (QED) is 0.860. The maximum Gasteiger partial charge on any atom is 0.296 e. The molecule has 0 aromatic carbocycles. The number of hydrogen-bond donors (Lipinski definition) is 0. The summed E-state index contributed by atoms with van der Waals surface area (Å²) in [6.45, 7) is 2.93. The summed E-state index contributed by atoms with van der Waals surface area (Å²) >= 11 is 0. The van der Waals surface area contributed by atoms with Gasteiger partial charge in [-0.1, -0.05) is 26.2 Å². The standard InChI is InChI=1S/C15H22N4O/c1-2-6-13-16-17-14-15(20)18(9-10-19(13)14)11-12-7-4-3-5-8-12/h9-10,12H,2-8,11H2,1H3. The SMILES string of the molecule is CCCc1nnc2c(=O)n(CC3CCCCC3)ccn12. The Bertz CT molecular complexity index is 637. The van der Waals surface area contributed by atoms with Gasteiger partial charge < -0.3 is 4.57 Å². The molecule has 1 saturated carbocycles. The van der Waals surface area contributed by atoms with Crippen LogP contribution in [0, 0.1) is 5.92 Å². The molecule has 1 fully saturated rings. The lowest BCUT2D eigenvalue weighted by molar-refractivity contribution is 0.316. The zero-order valence-electron chi connectivity index (χ0n) is 12.1. The Balaban J connectivity index is 1.89. The van der Waals surface area contributed by atoms with Crippen molar-refractivity contribution in [3.63, 3.8) is 0 Å². The molecule has 2 aromatic heterocycles. The molecule has 5 nitrogen and oxygen atoms in total. The maximum atomic E-state index is 12.5. The van der Waals surface area contributed by atoms with E-state index in [4.69, 9.17) is 0 Å². The van der Waals surface area contributed by atoms with Gasteiger partial charge in [-0.3, -0.25) is 9.20 Å². The van der Waals surface area contributed by atoms with Crippen LogP contribution in [0.3, 0.4) is 0 Å². The minimum Gasteiger partial charge on any atom is -0.311 e. The van der Waals surface area contributed by atoms with E-state index in [1.165, 1.54) is 32.1 Å². The lowest BCUT2D eigenvalue weighted by Gasteiger charge is -2.22. The second-order valence-corrected chi connectivity index (χ2v) is 5.82. The first-order valence-electron chi connectivity index (χ1n) is 7.72. The molecule has 0 bridgehead atoms. The van der Waals surface area contributed by atoms with Crippen molar-refractivity contribution in [2.75, 3.05) is 0 Å². The summed E-state index contributed by atoms with van der Waals surface area (Å²) in [4.78, 5) is 12.5. The smallest absolute Gasteiger partial charge is 0.296 e. The van der Waals surface area contributed by atoms with Crippen molar-refractivity contribution in [3.05, 3.63) is 28.6 Å². The largest absolute Gasteiger partial charge is 0.311 e. The van der Waals surface area contributed by atoms with E-state index in [2.05, 4.69) is 17.1 Å². The number of nitrogens with zero attached hydrogens (tertiary/aromatic N) is 4. The first-order valence-corrected chi connectivity index (χ1v) is 7.72. The topological polar surface area (TPSA) is 52.2 Å². The van der Waals surface area contributed by atoms with E-state index >= 15 is 0 Å². The predicted octanol–water partition coefficient (Wildman–Crippen LogP) is 2.42. The summed E-state index contributed by atoms with van der Waals surface area (Å²) in [5, 5.41) is 8.20. The summed E-state index contributed by atoms with van der Waals surface area (Å²) in [7, 11) is 0. The van der Waals surface area contributed by atoms with Crippen LogP contribution in [0.25, 0.3) is 5.65 Å². The normalized spacial score (nSPS) is 16.9. The van der Waals surface area contributed by atoms with Crippen molar-refractivity contribution in [1.82, 2.24) is 19.2 Å². The number of rotatable bonds is 4. The third-order valence-electron chi connectivity index (χ3n) is 4.27. The molecular formula is C15H22N4O. The van der Waals surface area contributed by atoms with Gasteiger partial charge in [0.1, 0.15) is 5.82 Å². The summed E-state index contributed by atoms with van der Waals surface area (Å²) in [6.07, 6.45) is 12.1. The zero-order chi connectivity index (χ0) is 13.9. The van der Waals surface area contributed by atoms with Gasteiger partial charge in [0.05, 0.1) is 0 Å². The fourth-order valence-corrected chi connectivity index (χ4v) is 3.16. The highest BCUT2D eigenvalue weighted by Crippen LogP contribution is 2.24. The average molecular weight is 274 g/mol. The van der Waals surface area contributed by atoms with Crippen LogP contribution in [0.5, 0.6) is 0 Å². The Labute approximate surface area is 118 Å². The molecule has 0 N–H and O–H groups in total. The Kier molecular flexibility index (Phi) is 3.85. The van der Waals surface area contributed by atoms with Gasteiger partial charge in [0, 0.05) is 25.4 Å². The first-order chi connectivity index (χ1) is 9.79. The third kappa shape index (κ3) is 2.49. The Morgan fingerprint density at radius 2 is 2.00 bits per heavy atom. The fraction of sp³-hybridized carbons (Fsp3) is 0.667. The molecule has 0 atom stereocenters. The van der Waals surface area contributed by atoms with Gasteiger partial charge in [0.25, 0.3) is 5.56 Å². The van der Waals surface area contributed by atoms with Crippen LogP contribution < -0.4 is 5.56 Å². The van der Waals surface area contributed by atoms with Crippen LogP contribution in [0.15, 0.2) is 17.2 Å². The molecule has 20 heavy (non-hydrogen) atoms.